The molecule has 0 bridgehead atoms. The van der Waals surface area contributed by atoms with Crippen LogP contribution in [0.15, 0.2) is 29.8 Å². The van der Waals surface area contributed by atoms with Crippen molar-refractivity contribution in [2.75, 3.05) is 6.61 Å². The van der Waals surface area contributed by atoms with Gasteiger partial charge in [0.15, 0.2) is 0 Å². The normalized spacial score (nSPS) is 9.77. The van der Waals surface area contributed by atoms with E-state index in [-0.39, 0.29) is 12.4 Å². The topological polar surface area (TPSA) is 9.23 Å². The van der Waals surface area contributed by atoms with Gasteiger partial charge in [-0.15, -0.1) is 0 Å². The van der Waals surface area contributed by atoms with Crippen LogP contribution in [0, 0.1) is 12.7 Å². The van der Waals surface area contributed by atoms with Crippen molar-refractivity contribution in [2.24, 2.45) is 0 Å². The molecule has 0 spiro atoms. The van der Waals surface area contributed by atoms with Crippen molar-refractivity contribution in [3.63, 3.8) is 0 Å². The molecule has 0 saturated heterocycles. The van der Waals surface area contributed by atoms with Gasteiger partial charge in [0.1, 0.15) is 18.2 Å². The number of halogens is 2. The molecule has 0 radical (unpaired) electrons. The summed E-state index contributed by atoms with van der Waals surface area (Å²) < 4.78 is 17.9. The molecule has 0 aromatic heterocycles. The van der Waals surface area contributed by atoms with Crippen molar-refractivity contribution in [3.05, 3.63) is 41.2 Å². The lowest BCUT2D eigenvalue weighted by Gasteiger charge is -2.07. The van der Waals surface area contributed by atoms with E-state index in [2.05, 4.69) is 6.58 Å². The highest BCUT2D eigenvalue weighted by atomic mass is 35.5. The Bertz CT molecular complexity index is 323. The van der Waals surface area contributed by atoms with Crippen LogP contribution in [0.25, 0.3) is 0 Å². The highest BCUT2D eigenvalue weighted by Gasteiger charge is 2.01. The first-order valence-corrected chi connectivity index (χ1v) is 4.19. The van der Waals surface area contributed by atoms with E-state index in [0.29, 0.717) is 10.8 Å². The molecule has 0 aliphatic rings. The molecule has 0 fully saturated rings. The highest BCUT2D eigenvalue weighted by Crippen LogP contribution is 2.19. The smallest absolute Gasteiger partial charge is 0.126 e. The summed E-state index contributed by atoms with van der Waals surface area (Å²) in [6.07, 6.45) is 0. The average molecular weight is 201 g/mol. The number of benzene rings is 1. The summed E-state index contributed by atoms with van der Waals surface area (Å²) in [6, 6.07) is 4.37. The first kappa shape index (κ1) is 10.1. The van der Waals surface area contributed by atoms with E-state index < -0.39 is 0 Å². The summed E-state index contributed by atoms with van der Waals surface area (Å²) in [4.78, 5) is 0. The van der Waals surface area contributed by atoms with Gasteiger partial charge in [0.05, 0.1) is 0 Å². The summed E-state index contributed by atoms with van der Waals surface area (Å²) >= 11 is 5.51. The molecule has 70 valence electrons. The van der Waals surface area contributed by atoms with Crippen LogP contribution in [0.1, 0.15) is 5.56 Å². The minimum atomic E-state index is -0.319. The molecule has 0 atom stereocenters. The fraction of sp³-hybridized carbons (Fsp3) is 0.200. The van der Waals surface area contributed by atoms with E-state index in [9.17, 15) is 4.39 Å². The van der Waals surface area contributed by atoms with Gasteiger partial charge in [0.2, 0.25) is 0 Å². The summed E-state index contributed by atoms with van der Waals surface area (Å²) in [6.45, 7) is 5.51. The molecule has 0 saturated carbocycles. The van der Waals surface area contributed by atoms with Gasteiger partial charge >= 0.3 is 0 Å². The van der Waals surface area contributed by atoms with Crippen molar-refractivity contribution in [1.29, 1.82) is 0 Å². The zero-order valence-electron chi connectivity index (χ0n) is 7.31. The monoisotopic (exact) mass is 200 g/mol. The lowest BCUT2D eigenvalue weighted by atomic mass is 10.2. The van der Waals surface area contributed by atoms with Crippen LogP contribution < -0.4 is 4.74 Å². The third-order valence-corrected chi connectivity index (χ3v) is 1.64. The largest absolute Gasteiger partial charge is 0.488 e. The maximum atomic E-state index is 12.7. The Hall–Kier alpha value is -1.02. The molecule has 1 rings (SSSR count). The van der Waals surface area contributed by atoms with Gasteiger partial charge in [-0.05, 0) is 18.6 Å². The molecule has 1 aromatic carbocycles. The molecule has 0 aliphatic heterocycles. The van der Waals surface area contributed by atoms with E-state index in [1.807, 2.05) is 6.92 Å². The van der Waals surface area contributed by atoms with E-state index in [1.165, 1.54) is 12.1 Å². The van der Waals surface area contributed by atoms with Crippen LogP contribution in [0.3, 0.4) is 0 Å². The molecule has 3 heteroatoms. The van der Waals surface area contributed by atoms with E-state index in [1.54, 1.807) is 6.07 Å². The number of hydrogen-bond acceptors (Lipinski definition) is 1. The predicted molar refractivity (Wildman–Crippen MR) is 51.6 cm³/mol. The van der Waals surface area contributed by atoms with Crippen molar-refractivity contribution < 1.29 is 9.13 Å². The second-order valence-corrected chi connectivity index (χ2v) is 3.25. The minimum Gasteiger partial charge on any atom is -0.488 e. The SMILES string of the molecule is C=C(Cl)COc1cc(F)ccc1C. The molecule has 0 aliphatic carbocycles. The van der Waals surface area contributed by atoms with Gasteiger partial charge in [-0.25, -0.2) is 4.39 Å². The molecule has 0 heterocycles. The Morgan fingerprint density at radius 2 is 2.31 bits per heavy atom. The van der Waals surface area contributed by atoms with Crippen LogP contribution in [-0.2, 0) is 0 Å². The summed E-state index contributed by atoms with van der Waals surface area (Å²) in [7, 11) is 0. The molecule has 0 N–H and O–H groups in total. The van der Waals surface area contributed by atoms with E-state index in [0.717, 1.165) is 5.56 Å². The quantitative estimate of drug-likeness (QED) is 0.728. The Morgan fingerprint density at radius 1 is 1.62 bits per heavy atom. The maximum Gasteiger partial charge on any atom is 0.126 e. The second kappa shape index (κ2) is 4.28. The molecular weight excluding hydrogens is 191 g/mol. The standard InChI is InChI=1S/C10H10ClFO/c1-7-3-4-9(12)5-10(7)13-6-8(2)11/h3-5H,2,6H2,1H3. The van der Waals surface area contributed by atoms with Gasteiger partial charge in [-0.3, -0.25) is 0 Å². The van der Waals surface area contributed by atoms with Crippen LogP contribution in [0.4, 0.5) is 4.39 Å². The molecule has 1 nitrogen and oxygen atoms in total. The van der Waals surface area contributed by atoms with Crippen LogP contribution in [-0.4, -0.2) is 6.61 Å². The van der Waals surface area contributed by atoms with Crippen molar-refractivity contribution >= 4 is 11.6 Å². The summed E-state index contributed by atoms with van der Waals surface area (Å²) in [5.74, 6) is 0.183. The maximum absolute atomic E-state index is 12.7. The van der Waals surface area contributed by atoms with Gasteiger partial charge < -0.3 is 4.74 Å². The lowest BCUT2D eigenvalue weighted by Crippen LogP contribution is -1.98. The average Bonchev–Trinajstić information content (AvgIpc) is 2.06. The van der Waals surface area contributed by atoms with Gasteiger partial charge in [-0.1, -0.05) is 24.2 Å². The summed E-state index contributed by atoms with van der Waals surface area (Å²) in [5, 5.41) is 0.392. The molecular formula is C10H10ClFO. The minimum absolute atomic E-state index is 0.200. The zero-order valence-corrected chi connectivity index (χ0v) is 8.07. The third-order valence-electron chi connectivity index (χ3n) is 1.53. The van der Waals surface area contributed by atoms with Crippen molar-refractivity contribution in [3.8, 4) is 5.75 Å². The van der Waals surface area contributed by atoms with E-state index in [4.69, 9.17) is 16.3 Å². The molecule has 13 heavy (non-hydrogen) atoms. The Labute approximate surface area is 81.8 Å². The van der Waals surface area contributed by atoms with Gasteiger partial charge in [-0.2, -0.15) is 0 Å². The predicted octanol–water partition coefficient (Wildman–Crippen LogP) is 3.27. The fourth-order valence-electron chi connectivity index (χ4n) is 0.885. The lowest BCUT2D eigenvalue weighted by molar-refractivity contribution is 0.354. The molecule has 0 unspecified atom stereocenters. The number of hydrogen-bond donors (Lipinski definition) is 0. The Balaban J connectivity index is 2.75. The van der Waals surface area contributed by atoms with Crippen molar-refractivity contribution in [2.45, 2.75) is 6.92 Å². The highest BCUT2D eigenvalue weighted by molar-refractivity contribution is 6.29. The number of rotatable bonds is 3. The van der Waals surface area contributed by atoms with Crippen LogP contribution >= 0.6 is 11.6 Å². The second-order valence-electron chi connectivity index (χ2n) is 2.72. The number of aryl methyl sites for hydroxylation is 1. The van der Waals surface area contributed by atoms with E-state index >= 15 is 0 Å². The first-order valence-electron chi connectivity index (χ1n) is 3.82. The fourth-order valence-corrected chi connectivity index (χ4v) is 0.940. The van der Waals surface area contributed by atoms with Crippen LogP contribution in [0.5, 0.6) is 5.75 Å². The number of ether oxygens (including phenoxy) is 1. The third kappa shape index (κ3) is 3.07. The molecule has 1 aromatic rings. The first-order chi connectivity index (χ1) is 6.09. The molecule has 0 amide bonds. The Kier molecular flexibility index (Phi) is 3.32. The summed E-state index contributed by atoms with van der Waals surface area (Å²) in [5.41, 5.74) is 0.874. The Morgan fingerprint density at radius 3 is 2.92 bits per heavy atom. The van der Waals surface area contributed by atoms with Crippen LogP contribution in [0.2, 0.25) is 0 Å². The zero-order chi connectivity index (χ0) is 9.84. The van der Waals surface area contributed by atoms with Crippen molar-refractivity contribution in [1.82, 2.24) is 0 Å². The van der Waals surface area contributed by atoms with Gasteiger partial charge in [0, 0.05) is 11.1 Å². The van der Waals surface area contributed by atoms with Gasteiger partial charge in [0.25, 0.3) is 0 Å².